The molecule has 0 spiro atoms. The van der Waals surface area contributed by atoms with Gasteiger partial charge < -0.3 is 0 Å². The van der Waals surface area contributed by atoms with Gasteiger partial charge in [0.05, 0.1) is 4.53 Å². The number of fused-ring (bicyclic) bond motifs is 1. The number of ketones is 1. The van der Waals surface area contributed by atoms with Gasteiger partial charge in [0.25, 0.3) is 5.56 Å². The lowest BCUT2D eigenvalue weighted by Gasteiger charge is -2.13. The van der Waals surface area contributed by atoms with Crippen LogP contribution in [0.25, 0.3) is 12.2 Å². The van der Waals surface area contributed by atoms with Gasteiger partial charge in [0.1, 0.15) is 4.66 Å². The molecule has 1 aliphatic carbocycles. The summed E-state index contributed by atoms with van der Waals surface area (Å²) in [4.78, 5) is 25.6. The lowest BCUT2D eigenvalue weighted by atomic mass is 9.90. The van der Waals surface area contributed by atoms with Gasteiger partial charge in [-0.3, -0.25) is 14.2 Å². The van der Waals surface area contributed by atoms with Gasteiger partial charge in [-0.15, -0.1) is 11.3 Å². The Morgan fingerprint density at radius 2 is 1.72 bits per heavy atom. The van der Waals surface area contributed by atoms with Crippen molar-refractivity contribution in [2.45, 2.75) is 19.4 Å². The first-order valence-corrected chi connectivity index (χ1v) is 9.06. The first-order valence-electron chi connectivity index (χ1n) is 8.24. The van der Waals surface area contributed by atoms with Crippen molar-refractivity contribution in [3.05, 3.63) is 90.8 Å². The molecule has 0 N–H and O–H groups in total. The van der Waals surface area contributed by atoms with Crippen LogP contribution in [0.1, 0.15) is 34.3 Å². The zero-order valence-electron chi connectivity index (χ0n) is 13.9. The zero-order valence-corrected chi connectivity index (χ0v) is 14.7. The van der Waals surface area contributed by atoms with E-state index in [4.69, 9.17) is 0 Å². The molecule has 4 heteroatoms. The number of aromatic nitrogens is 1. The van der Waals surface area contributed by atoms with Gasteiger partial charge in [-0.05, 0) is 18.1 Å². The van der Waals surface area contributed by atoms with E-state index in [1.54, 1.807) is 4.57 Å². The van der Waals surface area contributed by atoms with Crippen LogP contribution in [0, 0.1) is 0 Å². The zero-order chi connectivity index (χ0) is 17.6. The number of hydrogen-bond acceptors (Lipinski definition) is 3. The predicted molar refractivity (Wildman–Crippen MR) is 101 cm³/mol. The Balaban J connectivity index is 2.14. The maximum absolute atomic E-state index is 13.2. The Kier molecular flexibility index (Phi) is 3.77. The van der Waals surface area contributed by atoms with Crippen molar-refractivity contribution in [1.29, 1.82) is 0 Å². The average molecular weight is 347 g/mol. The summed E-state index contributed by atoms with van der Waals surface area (Å²) in [6.07, 6.45) is 0. The Hall–Kier alpha value is -2.72. The normalized spacial score (nSPS) is 18.4. The van der Waals surface area contributed by atoms with E-state index in [2.05, 4.69) is 6.58 Å². The number of nitrogens with zero attached hydrogens (tertiary/aromatic N) is 1. The molecule has 124 valence electrons. The quantitative estimate of drug-likeness (QED) is 0.715. The molecule has 0 fully saturated rings. The van der Waals surface area contributed by atoms with E-state index in [0.717, 1.165) is 21.4 Å². The van der Waals surface area contributed by atoms with Crippen molar-refractivity contribution in [2.24, 2.45) is 0 Å². The molecule has 1 unspecified atom stereocenters. The van der Waals surface area contributed by atoms with Crippen LogP contribution in [0.15, 0.2) is 59.4 Å². The van der Waals surface area contributed by atoms with Crippen LogP contribution in [0.2, 0.25) is 0 Å². The molecule has 0 aliphatic heterocycles. The molecule has 25 heavy (non-hydrogen) atoms. The minimum Gasteiger partial charge on any atom is -0.299 e. The molecule has 3 nitrogen and oxygen atoms in total. The van der Waals surface area contributed by atoms with E-state index in [-0.39, 0.29) is 17.3 Å². The van der Waals surface area contributed by atoms with Crippen LogP contribution in [-0.2, 0) is 6.54 Å². The summed E-state index contributed by atoms with van der Waals surface area (Å²) in [5.41, 5.74) is 3.37. The monoisotopic (exact) mass is 347 g/mol. The highest BCUT2D eigenvalue weighted by Gasteiger charge is 2.37. The standard InChI is InChI=1S/C21H17NO2S/c1-3-22-20(24)13(2)25-21(22)18-17(14-9-5-4-6-10-14)15-11-7-8-12-16(15)19(18)23/h4-12,17H,2-3H2,1H3. The Bertz CT molecular complexity index is 1140. The average Bonchev–Trinajstić information content (AvgIpc) is 3.10. The molecule has 4 rings (SSSR count). The smallest absolute Gasteiger partial charge is 0.268 e. The predicted octanol–water partition coefficient (Wildman–Crippen LogP) is 2.52. The van der Waals surface area contributed by atoms with Crippen LogP contribution in [-0.4, -0.2) is 10.4 Å². The van der Waals surface area contributed by atoms with Gasteiger partial charge in [-0.25, -0.2) is 0 Å². The molecule has 0 amide bonds. The second kappa shape index (κ2) is 5.97. The molecule has 1 aliphatic rings. The topological polar surface area (TPSA) is 39.1 Å². The van der Waals surface area contributed by atoms with Crippen molar-refractivity contribution in [1.82, 2.24) is 4.57 Å². The lowest BCUT2D eigenvalue weighted by molar-refractivity contribution is 0.105. The first kappa shape index (κ1) is 15.8. The van der Waals surface area contributed by atoms with E-state index >= 15 is 0 Å². The van der Waals surface area contributed by atoms with Gasteiger partial charge in [0.2, 0.25) is 0 Å². The summed E-state index contributed by atoms with van der Waals surface area (Å²) in [5.74, 6) is -0.145. The number of thiazole rings is 1. The fourth-order valence-electron chi connectivity index (χ4n) is 3.55. The molecule has 0 bridgehead atoms. The summed E-state index contributed by atoms with van der Waals surface area (Å²) in [6, 6.07) is 17.7. The minimum atomic E-state index is -0.153. The van der Waals surface area contributed by atoms with Crippen LogP contribution < -0.4 is 14.8 Å². The highest BCUT2D eigenvalue weighted by Crippen LogP contribution is 2.42. The van der Waals surface area contributed by atoms with Crippen LogP contribution in [0.5, 0.6) is 0 Å². The van der Waals surface area contributed by atoms with Crippen LogP contribution in [0.4, 0.5) is 0 Å². The highest BCUT2D eigenvalue weighted by atomic mass is 32.1. The number of Topliss-reactive ketones (excluding diaryl/α,β-unsaturated/α-hetero) is 1. The maximum atomic E-state index is 13.2. The molecule has 1 aromatic heterocycles. The van der Waals surface area contributed by atoms with E-state index in [0.29, 0.717) is 16.7 Å². The lowest BCUT2D eigenvalue weighted by Crippen LogP contribution is -2.32. The molecule has 1 atom stereocenters. The van der Waals surface area contributed by atoms with E-state index in [9.17, 15) is 9.59 Å². The number of benzene rings is 2. The molecule has 0 saturated heterocycles. The Labute approximate surface area is 149 Å². The summed E-state index contributed by atoms with van der Waals surface area (Å²) >= 11 is 1.32. The SMILES string of the molecule is C=c1sc(=C2C(=O)c3ccccc3C2c2ccccc2)n(CC)c1=O. The van der Waals surface area contributed by atoms with Crippen molar-refractivity contribution < 1.29 is 4.79 Å². The number of rotatable bonds is 2. The van der Waals surface area contributed by atoms with Crippen LogP contribution >= 0.6 is 11.3 Å². The minimum absolute atomic E-state index is 0.00732. The second-order valence-corrected chi connectivity index (χ2v) is 7.14. The maximum Gasteiger partial charge on any atom is 0.268 e. The molecule has 2 aromatic carbocycles. The number of carbonyl (C=O) groups excluding carboxylic acids is 1. The Morgan fingerprint density at radius 3 is 2.44 bits per heavy atom. The van der Waals surface area contributed by atoms with E-state index in [1.807, 2.05) is 61.5 Å². The Morgan fingerprint density at radius 1 is 1.04 bits per heavy atom. The van der Waals surface area contributed by atoms with Gasteiger partial charge in [0, 0.05) is 23.6 Å². The van der Waals surface area contributed by atoms with Gasteiger partial charge >= 0.3 is 0 Å². The summed E-state index contributed by atoms with van der Waals surface area (Å²) in [5, 5.41) is 0. The number of carbonyl (C=O) groups is 1. The first-order chi connectivity index (χ1) is 12.1. The van der Waals surface area contributed by atoms with E-state index in [1.165, 1.54) is 11.3 Å². The third-order valence-electron chi connectivity index (χ3n) is 4.68. The van der Waals surface area contributed by atoms with Crippen LogP contribution in [0.3, 0.4) is 0 Å². The summed E-state index contributed by atoms with van der Waals surface area (Å²) in [6.45, 7) is 6.29. The molecular weight excluding hydrogens is 330 g/mol. The summed E-state index contributed by atoms with van der Waals surface area (Å²) < 4.78 is 2.87. The van der Waals surface area contributed by atoms with Crippen molar-refractivity contribution in [2.75, 3.05) is 0 Å². The largest absolute Gasteiger partial charge is 0.299 e. The molecule has 1 heterocycles. The van der Waals surface area contributed by atoms with Crippen molar-refractivity contribution >= 4 is 29.3 Å². The molecule has 0 radical (unpaired) electrons. The summed E-state index contributed by atoms with van der Waals surface area (Å²) in [7, 11) is 0. The van der Waals surface area contributed by atoms with Crippen molar-refractivity contribution in [3.8, 4) is 0 Å². The third kappa shape index (κ3) is 2.33. The van der Waals surface area contributed by atoms with Crippen molar-refractivity contribution in [3.63, 3.8) is 0 Å². The third-order valence-corrected chi connectivity index (χ3v) is 5.73. The molecule has 0 saturated carbocycles. The number of hydrogen-bond donors (Lipinski definition) is 0. The molecule has 3 aromatic rings. The van der Waals surface area contributed by atoms with E-state index < -0.39 is 0 Å². The van der Waals surface area contributed by atoms with Gasteiger partial charge in [-0.2, -0.15) is 0 Å². The second-order valence-electron chi connectivity index (χ2n) is 6.05. The molecular formula is C21H17NO2S. The highest BCUT2D eigenvalue weighted by molar-refractivity contribution is 7.07. The van der Waals surface area contributed by atoms with Gasteiger partial charge in [0.15, 0.2) is 5.78 Å². The fraction of sp³-hybridized carbons (Fsp3) is 0.143. The van der Waals surface area contributed by atoms with Gasteiger partial charge in [-0.1, -0.05) is 61.2 Å². The fourth-order valence-corrected chi connectivity index (χ4v) is 4.62.